The second-order valence-corrected chi connectivity index (χ2v) is 5.63. The quantitative estimate of drug-likeness (QED) is 0.711. The summed E-state index contributed by atoms with van der Waals surface area (Å²) in [4.78, 5) is 35.3. The van der Waals surface area contributed by atoms with Gasteiger partial charge < -0.3 is 14.8 Å². The number of ether oxygens (including phenoxy) is 2. The van der Waals surface area contributed by atoms with Gasteiger partial charge in [0.25, 0.3) is 5.91 Å². The van der Waals surface area contributed by atoms with Crippen molar-refractivity contribution >= 4 is 17.8 Å². The fraction of sp³-hybridized carbons (Fsp3) is 0.368. The fourth-order valence-corrected chi connectivity index (χ4v) is 2.45. The molecule has 144 valence electrons. The standard InChI is InChI=1S/C19H23N3O5/c1-4-26-17(23)10-11-20-18(24)14-6-8-15(9-7-14)22-13(3)16(12-21-22)19(25)27-5-2/h6-9,12H,4-5,10-11H2,1-3H3,(H,20,24). The van der Waals surface area contributed by atoms with Crippen LogP contribution in [0.15, 0.2) is 30.5 Å². The molecule has 8 heteroatoms. The molecule has 0 saturated heterocycles. The molecule has 1 heterocycles. The number of aromatic nitrogens is 2. The smallest absolute Gasteiger partial charge is 0.341 e. The van der Waals surface area contributed by atoms with Crippen molar-refractivity contribution in [3.05, 3.63) is 47.3 Å². The van der Waals surface area contributed by atoms with Gasteiger partial charge in [0, 0.05) is 12.1 Å². The van der Waals surface area contributed by atoms with Gasteiger partial charge in [-0.3, -0.25) is 9.59 Å². The number of benzene rings is 1. The Bertz CT molecular complexity index is 811. The van der Waals surface area contributed by atoms with Crippen LogP contribution in [-0.2, 0) is 14.3 Å². The van der Waals surface area contributed by atoms with Crippen molar-refractivity contribution < 1.29 is 23.9 Å². The minimum Gasteiger partial charge on any atom is -0.466 e. The summed E-state index contributed by atoms with van der Waals surface area (Å²) in [6, 6.07) is 6.77. The molecule has 0 aliphatic carbocycles. The lowest BCUT2D eigenvalue weighted by molar-refractivity contribution is -0.142. The maximum atomic E-state index is 12.1. The lowest BCUT2D eigenvalue weighted by Crippen LogP contribution is -2.26. The molecule has 0 spiro atoms. The molecule has 0 radical (unpaired) electrons. The van der Waals surface area contributed by atoms with Crippen molar-refractivity contribution in [1.82, 2.24) is 15.1 Å². The highest BCUT2D eigenvalue weighted by Crippen LogP contribution is 2.16. The number of rotatable bonds is 8. The third kappa shape index (κ3) is 5.16. The molecule has 0 atom stereocenters. The largest absolute Gasteiger partial charge is 0.466 e. The van der Waals surface area contributed by atoms with Crippen LogP contribution in [0.1, 0.15) is 46.7 Å². The Morgan fingerprint density at radius 1 is 1.07 bits per heavy atom. The number of nitrogens with zero attached hydrogens (tertiary/aromatic N) is 2. The topological polar surface area (TPSA) is 99.5 Å². The Hall–Kier alpha value is -3.16. The first-order valence-corrected chi connectivity index (χ1v) is 8.73. The van der Waals surface area contributed by atoms with Crippen LogP contribution >= 0.6 is 0 Å². The van der Waals surface area contributed by atoms with Gasteiger partial charge in [-0.2, -0.15) is 5.10 Å². The van der Waals surface area contributed by atoms with Crippen LogP contribution in [0.4, 0.5) is 0 Å². The second-order valence-electron chi connectivity index (χ2n) is 5.63. The summed E-state index contributed by atoms with van der Waals surface area (Å²) >= 11 is 0. The summed E-state index contributed by atoms with van der Waals surface area (Å²) in [6.45, 7) is 6.07. The van der Waals surface area contributed by atoms with Gasteiger partial charge in [0.05, 0.1) is 37.2 Å². The van der Waals surface area contributed by atoms with E-state index in [9.17, 15) is 14.4 Å². The number of carbonyl (C=O) groups is 3. The zero-order valence-electron chi connectivity index (χ0n) is 15.7. The molecule has 0 aliphatic rings. The molecule has 0 aliphatic heterocycles. The molecule has 1 aromatic heterocycles. The number of carbonyl (C=O) groups excluding carboxylic acids is 3. The van der Waals surface area contributed by atoms with Gasteiger partial charge >= 0.3 is 11.9 Å². The summed E-state index contributed by atoms with van der Waals surface area (Å²) in [5, 5.41) is 6.88. The molecule has 0 fully saturated rings. The van der Waals surface area contributed by atoms with E-state index < -0.39 is 5.97 Å². The van der Waals surface area contributed by atoms with Crippen LogP contribution in [-0.4, -0.2) is 47.4 Å². The van der Waals surface area contributed by atoms with Gasteiger partial charge in [0.2, 0.25) is 0 Å². The van der Waals surface area contributed by atoms with E-state index in [4.69, 9.17) is 9.47 Å². The summed E-state index contributed by atoms with van der Waals surface area (Å²) in [6.07, 6.45) is 1.59. The van der Waals surface area contributed by atoms with E-state index >= 15 is 0 Å². The van der Waals surface area contributed by atoms with E-state index in [1.54, 1.807) is 49.7 Å². The SMILES string of the molecule is CCOC(=O)CCNC(=O)c1ccc(-n2ncc(C(=O)OCC)c2C)cc1. The molecule has 2 aromatic rings. The maximum absolute atomic E-state index is 12.1. The number of hydrogen-bond acceptors (Lipinski definition) is 6. The highest BCUT2D eigenvalue weighted by molar-refractivity contribution is 5.94. The van der Waals surface area contributed by atoms with Crippen molar-refractivity contribution in [1.29, 1.82) is 0 Å². The fourth-order valence-electron chi connectivity index (χ4n) is 2.45. The van der Waals surface area contributed by atoms with Crippen molar-refractivity contribution in [3.8, 4) is 5.69 Å². The lowest BCUT2D eigenvalue weighted by Gasteiger charge is -2.08. The average Bonchev–Trinajstić information content (AvgIpc) is 3.03. The van der Waals surface area contributed by atoms with Crippen LogP contribution in [0.3, 0.4) is 0 Å². The molecule has 1 N–H and O–H groups in total. The molecule has 27 heavy (non-hydrogen) atoms. The Morgan fingerprint density at radius 3 is 2.37 bits per heavy atom. The number of amides is 1. The zero-order chi connectivity index (χ0) is 19.8. The molecule has 8 nitrogen and oxygen atoms in total. The number of nitrogens with one attached hydrogen (secondary N) is 1. The van der Waals surface area contributed by atoms with E-state index in [1.807, 2.05) is 0 Å². The third-order valence-corrected chi connectivity index (χ3v) is 3.80. The van der Waals surface area contributed by atoms with Crippen molar-refractivity contribution in [2.24, 2.45) is 0 Å². The Morgan fingerprint density at radius 2 is 1.74 bits per heavy atom. The summed E-state index contributed by atoms with van der Waals surface area (Å²) < 4.78 is 11.4. The van der Waals surface area contributed by atoms with Crippen molar-refractivity contribution in [2.75, 3.05) is 19.8 Å². The predicted octanol–water partition coefficient (Wildman–Crippen LogP) is 2.04. The van der Waals surface area contributed by atoms with Gasteiger partial charge in [0.15, 0.2) is 0 Å². The molecule has 0 saturated carbocycles. The average molecular weight is 373 g/mol. The first kappa shape index (κ1) is 20.2. The van der Waals surface area contributed by atoms with E-state index in [0.29, 0.717) is 35.7 Å². The van der Waals surface area contributed by atoms with Gasteiger partial charge in [-0.25, -0.2) is 9.48 Å². The molecule has 0 bridgehead atoms. The van der Waals surface area contributed by atoms with Gasteiger partial charge in [0.1, 0.15) is 5.56 Å². The molecular weight excluding hydrogens is 350 g/mol. The molecule has 2 rings (SSSR count). The maximum Gasteiger partial charge on any atom is 0.341 e. The molecular formula is C19H23N3O5. The predicted molar refractivity (Wildman–Crippen MR) is 97.8 cm³/mol. The minimum absolute atomic E-state index is 0.126. The second kappa shape index (κ2) is 9.51. The van der Waals surface area contributed by atoms with Crippen LogP contribution in [0.2, 0.25) is 0 Å². The van der Waals surface area contributed by atoms with E-state index in [0.717, 1.165) is 0 Å². The van der Waals surface area contributed by atoms with Crippen LogP contribution < -0.4 is 5.32 Å². The minimum atomic E-state index is -0.418. The van der Waals surface area contributed by atoms with Gasteiger partial charge in [-0.05, 0) is 45.0 Å². The summed E-state index contributed by atoms with van der Waals surface area (Å²) in [5.41, 5.74) is 2.22. The monoisotopic (exact) mass is 373 g/mol. The molecule has 1 aromatic carbocycles. The Labute approximate surface area is 157 Å². The van der Waals surface area contributed by atoms with Gasteiger partial charge in [-0.15, -0.1) is 0 Å². The highest BCUT2D eigenvalue weighted by Gasteiger charge is 2.16. The highest BCUT2D eigenvalue weighted by atomic mass is 16.5. The summed E-state index contributed by atoms with van der Waals surface area (Å²) in [7, 11) is 0. The zero-order valence-corrected chi connectivity index (χ0v) is 15.7. The van der Waals surface area contributed by atoms with E-state index in [-0.39, 0.29) is 24.8 Å². The first-order valence-electron chi connectivity index (χ1n) is 8.73. The van der Waals surface area contributed by atoms with Crippen LogP contribution in [0, 0.1) is 6.92 Å². The van der Waals surface area contributed by atoms with E-state index in [2.05, 4.69) is 10.4 Å². The Balaban J connectivity index is 2.02. The normalized spacial score (nSPS) is 10.3. The van der Waals surface area contributed by atoms with Crippen molar-refractivity contribution in [3.63, 3.8) is 0 Å². The van der Waals surface area contributed by atoms with Gasteiger partial charge in [-0.1, -0.05) is 0 Å². The summed E-state index contributed by atoms with van der Waals surface area (Å²) in [5.74, 6) is -1.05. The molecule has 1 amide bonds. The number of hydrogen-bond donors (Lipinski definition) is 1. The van der Waals surface area contributed by atoms with E-state index in [1.165, 1.54) is 6.20 Å². The van der Waals surface area contributed by atoms with Crippen LogP contribution in [0.5, 0.6) is 0 Å². The third-order valence-electron chi connectivity index (χ3n) is 3.80. The molecule has 0 unspecified atom stereocenters. The van der Waals surface area contributed by atoms with Crippen molar-refractivity contribution in [2.45, 2.75) is 27.2 Å². The first-order chi connectivity index (χ1) is 13.0. The number of esters is 2. The lowest BCUT2D eigenvalue weighted by atomic mass is 10.2. The van der Waals surface area contributed by atoms with Crippen LogP contribution in [0.25, 0.3) is 5.69 Å². The Kier molecular flexibility index (Phi) is 7.10.